The summed E-state index contributed by atoms with van der Waals surface area (Å²) in [6.45, 7) is 3.10. The molecule has 0 unspecified atom stereocenters. The quantitative estimate of drug-likeness (QED) is 0.0711. The van der Waals surface area contributed by atoms with Crippen molar-refractivity contribution in [2.75, 3.05) is 7.11 Å². The Balaban J connectivity index is 0.000000381. The Morgan fingerprint density at radius 2 is 0.476 bits per heavy atom. The molecule has 8 aromatic rings. The number of carbonyl (C=O) groups is 1. The maximum atomic E-state index is 13.4. The van der Waals surface area contributed by atoms with E-state index in [9.17, 15) is 106 Å². The van der Waals surface area contributed by atoms with E-state index in [0.717, 1.165) is 48.4 Å². The number of rotatable bonds is 1. The topological polar surface area (TPSA) is 41.8 Å². The summed E-state index contributed by atoms with van der Waals surface area (Å²) in [4.78, 5) is 13.4. The summed E-state index contributed by atoms with van der Waals surface area (Å²) in [5.41, 5.74) is 13.8. The molecule has 11 aliphatic heterocycles. The Morgan fingerprint density at radius 3 is 0.655 bits per heavy atom. The Bertz CT molecular complexity index is 3290. The zero-order valence-electron chi connectivity index (χ0n) is 42.2. The molecule has 0 spiro atoms. The molecule has 15 heterocycles. The van der Waals surface area contributed by atoms with E-state index in [1.54, 1.807) is 0 Å². The van der Waals surface area contributed by atoms with Crippen LogP contribution in [0.3, 0.4) is 0 Å². The minimum absolute atomic E-state index is 0.353. The summed E-state index contributed by atoms with van der Waals surface area (Å²) in [6, 6.07) is 49.2. The first-order valence-electron chi connectivity index (χ1n) is 23.1. The second-order valence-corrected chi connectivity index (χ2v) is 26.0. The van der Waals surface area contributed by atoms with Gasteiger partial charge >= 0.3 is 138 Å². The molecule has 0 amide bonds. The molecule has 0 aliphatic carbocycles. The van der Waals surface area contributed by atoms with Crippen molar-refractivity contribution in [3.8, 4) is 44.5 Å². The average molecular weight is 1310 g/mol. The van der Waals surface area contributed by atoms with Crippen LogP contribution in [0.4, 0.5) is 101 Å². The number of ether oxygens (including phenoxy) is 1. The zero-order valence-corrected chi connectivity index (χ0v) is 45.8. The number of hydrogen-bond acceptors (Lipinski definition) is 2. The summed E-state index contributed by atoms with van der Waals surface area (Å²) in [7, 11) is -41.2. The van der Waals surface area contributed by atoms with Crippen molar-refractivity contribution in [1.29, 1.82) is 0 Å². The van der Waals surface area contributed by atoms with Crippen LogP contribution < -0.4 is 18.3 Å². The van der Waals surface area contributed by atoms with E-state index in [0.29, 0.717) is 5.56 Å². The van der Waals surface area contributed by atoms with Gasteiger partial charge in [-0.2, -0.15) is 0 Å². The number of aromatic nitrogens is 4. The van der Waals surface area contributed by atoms with Gasteiger partial charge in [-0.25, -0.2) is 23.1 Å². The van der Waals surface area contributed by atoms with E-state index in [-0.39, 0.29) is 5.97 Å². The van der Waals surface area contributed by atoms with Gasteiger partial charge in [-0.1, -0.05) is 91.0 Å². The summed E-state index contributed by atoms with van der Waals surface area (Å²) in [5, 5.41) is 0. The molecule has 11 aliphatic rings. The van der Waals surface area contributed by atoms with Gasteiger partial charge in [-0.15, -0.1) is 0 Å². The summed E-state index contributed by atoms with van der Waals surface area (Å²) >= 11 is 0. The Hall–Kier alpha value is -7.01. The number of carbonyl (C=O) groups excluding carboxylic acids is 1. The van der Waals surface area contributed by atoms with Crippen LogP contribution in [-0.2, 0) is 30.9 Å². The first-order chi connectivity index (χ1) is 37.3. The number of pyridine rings is 4. The Morgan fingerprint density at radius 1 is 0.298 bits per heavy atom. The van der Waals surface area contributed by atoms with Crippen LogP contribution in [0.2, 0.25) is 0 Å². The first kappa shape index (κ1) is 67.8. The minimum atomic E-state index is -10.7. The molecule has 16 bridgehead atoms. The number of fused-ring (bicyclic) bond motifs is 1. The third kappa shape index (κ3) is 31.0. The van der Waals surface area contributed by atoms with E-state index in [1.807, 2.05) is 18.2 Å². The van der Waals surface area contributed by atoms with Crippen molar-refractivity contribution in [3.05, 3.63) is 217 Å². The molecular formula is C50H42F24N4O2P4. The third-order valence-electron chi connectivity index (χ3n) is 10.7. The van der Waals surface area contributed by atoms with Crippen molar-refractivity contribution in [2.45, 2.75) is 26.2 Å². The van der Waals surface area contributed by atoms with E-state index in [2.05, 4.69) is 189 Å². The van der Waals surface area contributed by atoms with E-state index in [4.69, 9.17) is 4.74 Å². The molecule has 84 heavy (non-hydrogen) atoms. The van der Waals surface area contributed by atoms with Crippen LogP contribution in [0.15, 0.2) is 189 Å². The van der Waals surface area contributed by atoms with Crippen LogP contribution in [0.25, 0.3) is 44.5 Å². The molecule has 4 aromatic heterocycles. The normalized spacial score (nSPS) is 15.8. The monoisotopic (exact) mass is 1310 g/mol. The Labute approximate surface area is 459 Å². The maximum absolute atomic E-state index is 13.4. The van der Waals surface area contributed by atoms with Crippen molar-refractivity contribution >= 4 is 37.2 Å². The Kier molecular flexibility index (Phi) is 16.9. The summed E-state index contributed by atoms with van der Waals surface area (Å²) in [5.74, 6) is -0.353. The molecule has 0 N–H and O–H groups in total. The van der Waals surface area contributed by atoms with Crippen molar-refractivity contribution < 1.29 is 129 Å². The number of hydrogen-bond donors (Lipinski definition) is 0. The van der Waals surface area contributed by atoms with Crippen LogP contribution >= 0.6 is 31.2 Å². The van der Waals surface area contributed by atoms with Gasteiger partial charge in [0.1, 0.15) is 0 Å². The van der Waals surface area contributed by atoms with E-state index < -0.39 is 31.2 Å². The van der Waals surface area contributed by atoms with Crippen LogP contribution in [0, 0.1) is 0 Å². The van der Waals surface area contributed by atoms with Gasteiger partial charge in [0.25, 0.3) is 0 Å². The molecule has 0 saturated heterocycles. The molecule has 0 fully saturated rings. The molecule has 19 rings (SSSR count). The second-order valence-electron chi connectivity index (χ2n) is 18.3. The van der Waals surface area contributed by atoms with Gasteiger partial charge in [0.2, 0.25) is 0 Å². The molecule has 4 aromatic carbocycles. The number of methoxy groups -OCH3 is 1. The van der Waals surface area contributed by atoms with Crippen molar-refractivity contribution in [1.82, 2.24) is 0 Å². The van der Waals surface area contributed by atoms with E-state index >= 15 is 0 Å². The second kappa shape index (κ2) is 20.9. The predicted octanol–water partition coefficient (Wildman–Crippen LogP) is 21.3. The van der Waals surface area contributed by atoms with Crippen LogP contribution in [-0.4, -0.2) is 13.1 Å². The fourth-order valence-corrected chi connectivity index (χ4v) is 7.55. The first-order valence-corrected chi connectivity index (χ1v) is 31.2. The molecule has 0 atom stereocenters. The number of nitrogens with zero attached hydrogens (tertiary/aromatic N) is 4. The summed E-state index contributed by atoms with van der Waals surface area (Å²) in [6.07, 6.45) is 17.1. The summed E-state index contributed by atoms with van der Waals surface area (Å²) < 4.78 is 251. The van der Waals surface area contributed by atoms with E-state index in [1.165, 1.54) is 51.6 Å². The van der Waals surface area contributed by atoms with Crippen molar-refractivity contribution in [3.63, 3.8) is 0 Å². The van der Waals surface area contributed by atoms with Gasteiger partial charge < -0.3 is 4.74 Å². The number of halogens is 24. The SMILES string of the molecule is COC(=O)c1c2cccc1-c1ccc(cc1)C[n+]1ccc(cc1)-c1cc[n+](cc1)Cc1ccc(cc1)C[n+]1ccc(cc1)-c1cc[n+](cc1)Cc1ccc-2cc1.F[P-](F)(F)(F)(F)F.F[P-](F)(F)(F)(F)F.F[P-](F)(F)(F)(F)F.F[P-](F)(F)(F)(F)F. The van der Waals surface area contributed by atoms with Gasteiger partial charge in [0, 0.05) is 70.8 Å². The molecule has 34 heteroatoms. The molecule has 462 valence electrons. The fourth-order valence-electron chi connectivity index (χ4n) is 7.55. The zero-order chi connectivity index (χ0) is 63.5. The molecular weight excluding hydrogens is 1270 g/mol. The number of esters is 1. The van der Waals surface area contributed by atoms with Crippen LogP contribution in [0.1, 0.15) is 32.6 Å². The third-order valence-corrected chi connectivity index (χ3v) is 10.7. The molecule has 0 radical (unpaired) electrons. The van der Waals surface area contributed by atoms with Gasteiger partial charge in [0.05, 0.1) is 12.7 Å². The standard InChI is InChI=1S/C50H42N4O2.4F6P/c1-56-50(55)49-47-3-2-4-48(49)46-15-11-40(12-16-46)36-54-31-23-44(24-32-54)42-19-27-52(28-20-42)34-38-7-5-37(6-8-38)33-51-25-17-41(18-26-51)43-21-29-53(30-22-43)35-39-9-13-45(47)14-10-39;4*1-7(2,3,4,5)6/h2-32H,33-36H2,1H3;;;;/q+4;4*-1. The predicted molar refractivity (Wildman–Crippen MR) is 270 cm³/mol. The van der Waals surface area contributed by atoms with Crippen molar-refractivity contribution in [2.24, 2.45) is 0 Å². The van der Waals surface area contributed by atoms with Gasteiger partial charge in [-0.05, 0) is 44.5 Å². The van der Waals surface area contributed by atoms with Gasteiger partial charge in [0.15, 0.2) is 75.8 Å². The van der Waals surface area contributed by atoms with Gasteiger partial charge in [-0.3, -0.25) is 0 Å². The number of benzene rings is 4. The molecule has 6 nitrogen and oxygen atoms in total. The van der Waals surface area contributed by atoms with Crippen LogP contribution in [0.5, 0.6) is 0 Å². The fraction of sp³-hybridized carbons (Fsp3) is 0.100. The molecule has 0 saturated carbocycles. The average Bonchev–Trinajstić information content (AvgIpc) is 3.22.